The van der Waals surface area contributed by atoms with E-state index in [1.807, 2.05) is 0 Å². The number of carbonyl (C=O) groups is 1. The van der Waals surface area contributed by atoms with E-state index in [2.05, 4.69) is 10.6 Å². The molecule has 7 heteroatoms. The normalized spacial score (nSPS) is 11.5. The van der Waals surface area contributed by atoms with Gasteiger partial charge < -0.3 is 20.1 Å². The van der Waals surface area contributed by atoms with Gasteiger partial charge in [0, 0.05) is 23.9 Å². The molecule has 0 bridgehead atoms. The molecule has 2 N–H and O–H groups in total. The van der Waals surface area contributed by atoms with Crippen molar-refractivity contribution in [1.29, 1.82) is 0 Å². The maximum atomic E-state index is 13.0. The topological polar surface area (TPSA) is 59.6 Å². The van der Waals surface area contributed by atoms with Crippen LogP contribution in [0.15, 0.2) is 36.4 Å². The molecule has 0 heterocycles. The molecule has 2 aromatic carbocycles. The fourth-order valence-corrected chi connectivity index (χ4v) is 2.25. The minimum atomic E-state index is -0.567. The average Bonchev–Trinajstić information content (AvgIpc) is 2.56. The quantitative estimate of drug-likeness (QED) is 0.826. The zero-order valence-corrected chi connectivity index (χ0v) is 14.3. The van der Waals surface area contributed by atoms with E-state index in [1.54, 1.807) is 39.3 Å². The van der Waals surface area contributed by atoms with E-state index in [-0.39, 0.29) is 10.9 Å². The molecule has 0 spiro atoms. The molecule has 0 radical (unpaired) electrons. The molecule has 2 rings (SSSR count). The van der Waals surface area contributed by atoms with Crippen molar-refractivity contribution >= 4 is 28.9 Å². The third-order valence-electron chi connectivity index (χ3n) is 3.32. The molecule has 0 aliphatic rings. The highest BCUT2D eigenvalue weighted by molar-refractivity contribution is 6.33. The highest BCUT2D eigenvalue weighted by Gasteiger charge is 2.15. The summed E-state index contributed by atoms with van der Waals surface area (Å²) in [5.41, 5.74) is 1.01. The molecular weight excluding hydrogens is 335 g/mol. The molecule has 5 nitrogen and oxygen atoms in total. The van der Waals surface area contributed by atoms with Gasteiger partial charge in [-0.05, 0) is 25.1 Å². The summed E-state index contributed by atoms with van der Waals surface area (Å²) in [5.74, 6) is 0.426. The van der Waals surface area contributed by atoms with Gasteiger partial charge in [-0.3, -0.25) is 4.79 Å². The molecule has 24 heavy (non-hydrogen) atoms. The van der Waals surface area contributed by atoms with Gasteiger partial charge in [0.1, 0.15) is 23.4 Å². The van der Waals surface area contributed by atoms with E-state index < -0.39 is 11.9 Å². The number of methoxy groups -OCH3 is 2. The Hall–Kier alpha value is -2.47. The van der Waals surface area contributed by atoms with Crippen molar-refractivity contribution in [2.75, 3.05) is 24.9 Å². The number of ether oxygens (including phenoxy) is 2. The standard InChI is InChI=1S/C17H18ClFN2O3/c1-10(17(22)21-16-5-4-11(19)6-15(16)18)20-12-7-13(23-2)9-14(8-12)24-3/h4-10,20H,1-3H3,(H,21,22)/t10-/m0/s1. The van der Waals surface area contributed by atoms with Crippen LogP contribution in [0.1, 0.15) is 6.92 Å². The fourth-order valence-electron chi connectivity index (χ4n) is 2.04. The van der Waals surface area contributed by atoms with Crippen LogP contribution >= 0.6 is 11.6 Å². The van der Waals surface area contributed by atoms with E-state index >= 15 is 0 Å². The van der Waals surface area contributed by atoms with Gasteiger partial charge in [0.05, 0.1) is 24.9 Å². The van der Waals surface area contributed by atoms with Crippen molar-refractivity contribution in [2.45, 2.75) is 13.0 Å². The van der Waals surface area contributed by atoms with Crippen molar-refractivity contribution in [1.82, 2.24) is 0 Å². The number of hydrogen-bond acceptors (Lipinski definition) is 4. The summed E-state index contributed by atoms with van der Waals surface area (Å²) in [6.45, 7) is 1.69. The SMILES string of the molecule is COc1cc(N[C@@H](C)C(=O)Nc2ccc(F)cc2Cl)cc(OC)c1. The molecule has 0 unspecified atom stereocenters. The fraction of sp³-hybridized carbons (Fsp3) is 0.235. The monoisotopic (exact) mass is 352 g/mol. The van der Waals surface area contributed by atoms with Gasteiger partial charge >= 0.3 is 0 Å². The van der Waals surface area contributed by atoms with Crippen LogP contribution in [0, 0.1) is 5.82 Å². The summed E-state index contributed by atoms with van der Waals surface area (Å²) >= 11 is 5.91. The summed E-state index contributed by atoms with van der Waals surface area (Å²) in [6, 6.07) is 8.44. The zero-order valence-electron chi connectivity index (χ0n) is 13.5. The first-order valence-corrected chi connectivity index (χ1v) is 7.56. The molecule has 0 aromatic heterocycles. The van der Waals surface area contributed by atoms with Crippen LogP contribution in [0.3, 0.4) is 0 Å². The second-order valence-electron chi connectivity index (χ2n) is 5.08. The average molecular weight is 353 g/mol. The van der Waals surface area contributed by atoms with Gasteiger partial charge in [0.25, 0.3) is 0 Å². The van der Waals surface area contributed by atoms with Crippen molar-refractivity contribution in [3.8, 4) is 11.5 Å². The number of rotatable bonds is 6. The first kappa shape index (κ1) is 17.9. The van der Waals surface area contributed by atoms with Gasteiger partial charge in [0.15, 0.2) is 0 Å². The van der Waals surface area contributed by atoms with Crippen LogP contribution < -0.4 is 20.1 Å². The van der Waals surface area contributed by atoms with Crippen molar-refractivity contribution in [3.63, 3.8) is 0 Å². The zero-order chi connectivity index (χ0) is 17.7. The summed E-state index contributed by atoms with van der Waals surface area (Å²) in [5, 5.41) is 5.84. The van der Waals surface area contributed by atoms with Gasteiger partial charge in [-0.15, -0.1) is 0 Å². The first-order chi connectivity index (χ1) is 11.4. The Morgan fingerprint density at radius 3 is 2.29 bits per heavy atom. The molecule has 1 amide bonds. The number of hydrogen-bond donors (Lipinski definition) is 2. The van der Waals surface area contributed by atoms with E-state index in [1.165, 1.54) is 12.1 Å². The summed E-state index contributed by atoms with van der Waals surface area (Å²) in [7, 11) is 3.09. The molecule has 0 aliphatic carbocycles. The smallest absolute Gasteiger partial charge is 0.246 e. The van der Waals surface area contributed by atoms with Crippen LogP contribution in [-0.4, -0.2) is 26.2 Å². The van der Waals surface area contributed by atoms with Crippen LogP contribution in [0.2, 0.25) is 5.02 Å². The van der Waals surface area contributed by atoms with Crippen LogP contribution in [0.25, 0.3) is 0 Å². The summed E-state index contributed by atoms with van der Waals surface area (Å²) < 4.78 is 23.4. The minimum absolute atomic E-state index is 0.138. The second-order valence-corrected chi connectivity index (χ2v) is 5.49. The number of carbonyl (C=O) groups excluding carboxylic acids is 1. The Morgan fingerprint density at radius 1 is 1.12 bits per heavy atom. The van der Waals surface area contributed by atoms with E-state index in [9.17, 15) is 9.18 Å². The summed E-state index contributed by atoms with van der Waals surface area (Å²) in [4.78, 5) is 12.3. The Labute approximate surface area is 144 Å². The predicted molar refractivity (Wildman–Crippen MR) is 92.7 cm³/mol. The summed E-state index contributed by atoms with van der Waals surface area (Å²) in [6.07, 6.45) is 0. The Morgan fingerprint density at radius 2 is 1.75 bits per heavy atom. The highest BCUT2D eigenvalue weighted by atomic mass is 35.5. The number of benzene rings is 2. The lowest BCUT2D eigenvalue weighted by Gasteiger charge is -2.17. The number of amides is 1. The maximum Gasteiger partial charge on any atom is 0.246 e. The van der Waals surface area contributed by atoms with Gasteiger partial charge in [-0.2, -0.15) is 0 Å². The number of nitrogens with one attached hydrogen (secondary N) is 2. The molecule has 2 aromatic rings. The van der Waals surface area contributed by atoms with Crippen molar-refractivity contribution in [3.05, 3.63) is 47.2 Å². The largest absolute Gasteiger partial charge is 0.497 e. The van der Waals surface area contributed by atoms with Crippen molar-refractivity contribution in [2.24, 2.45) is 0 Å². The Balaban J connectivity index is 2.08. The minimum Gasteiger partial charge on any atom is -0.497 e. The highest BCUT2D eigenvalue weighted by Crippen LogP contribution is 2.27. The van der Waals surface area contributed by atoms with Gasteiger partial charge in [0.2, 0.25) is 5.91 Å². The third-order valence-corrected chi connectivity index (χ3v) is 3.63. The van der Waals surface area contributed by atoms with Crippen molar-refractivity contribution < 1.29 is 18.7 Å². The Bertz CT molecular complexity index is 718. The molecule has 1 atom stereocenters. The lowest BCUT2D eigenvalue weighted by molar-refractivity contribution is -0.116. The molecule has 128 valence electrons. The maximum absolute atomic E-state index is 13.0. The third kappa shape index (κ3) is 4.52. The second kappa shape index (κ2) is 7.88. The molecule has 0 saturated heterocycles. The molecule has 0 fully saturated rings. The van der Waals surface area contributed by atoms with E-state index in [0.717, 1.165) is 6.07 Å². The Kier molecular flexibility index (Phi) is 5.87. The molecule has 0 saturated carbocycles. The van der Waals surface area contributed by atoms with E-state index in [0.29, 0.717) is 22.9 Å². The van der Waals surface area contributed by atoms with E-state index in [4.69, 9.17) is 21.1 Å². The lowest BCUT2D eigenvalue weighted by Crippen LogP contribution is -2.32. The van der Waals surface area contributed by atoms with Crippen LogP contribution in [-0.2, 0) is 4.79 Å². The molecular formula is C17H18ClFN2O3. The van der Waals surface area contributed by atoms with Crippen LogP contribution in [0.5, 0.6) is 11.5 Å². The van der Waals surface area contributed by atoms with Gasteiger partial charge in [-0.25, -0.2) is 4.39 Å². The van der Waals surface area contributed by atoms with Crippen LogP contribution in [0.4, 0.5) is 15.8 Å². The molecule has 0 aliphatic heterocycles. The predicted octanol–water partition coefficient (Wildman–Crippen LogP) is 3.94. The number of halogens is 2. The lowest BCUT2D eigenvalue weighted by atomic mass is 10.2. The van der Waals surface area contributed by atoms with Gasteiger partial charge in [-0.1, -0.05) is 11.6 Å². The number of anilines is 2. The first-order valence-electron chi connectivity index (χ1n) is 7.18.